The number of aromatic nitrogens is 2. The van der Waals surface area contributed by atoms with Crippen molar-refractivity contribution in [1.29, 1.82) is 0 Å². The second kappa shape index (κ2) is 8.53. The van der Waals surface area contributed by atoms with E-state index in [4.69, 9.17) is 19.0 Å². The first-order chi connectivity index (χ1) is 13.5. The van der Waals surface area contributed by atoms with Crippen LogP contribution < -0.4 is 11.2 Å². The first-order valence-corrected chi connectivity index (χ1v) is 13.3. The molecule has 0 amide bonds. The van der Waals surface area contributed by atoms with E-state index in [9.17, 15) is 37.0 Å². The third-order valence-electron chi connectivity index (χ3n) is 3.99. The maximum absolute atomic E-state index is 13.5. The van der Waals surface area contributed by atoms with E-state index in [0.717, 1.165) is 4.57 Å². The number of halogens is 2. The van der Waals surface area contributed by atoms with Gasteiger partial charge in [-0.15, -0.1) is 0 Å². The van der Waals surface area contributed by atoms with E-state index in [-0.39, 0.29) is 18.4 Å². The van der Waals surface area contributed by atoms with Crippen molar-refractivity contribution in [3.05, 3.63) is 32.6 Å². The summed E-state index contributed by atoms with van der Waals surface area (Å²) in [6.45, 7) is 0.901. The first kappa shape index (κ1) is 25.3. The SMILES string of the molecule is BP(=O)(OC[C@@H]1CC[C@H](n2cc(C)c(=O)[nH]c2=O)O1)OP(=O)(O)C(F)(F)P(=O)(O)O. The zero-order chi connectivity index (χ0) is 23.1. The Hall–Kier alpha value is -0.945. The van der Waals surface area contributed by atoms with Crippen LogP contribution in [-0.2, 0) is 27.3 Å². The Kier molecular flexibility index (Phi) is 7.20. The van der Waals surface area contributed by atoms with Gasteiger partial charge in [-0.2, -0.15) is 8.78 Å². The van der Waals surface area contributed by atoms with E-state index in [2.05, 4.69) is 9.29 Å². The fourth-order valence-electron chi connectivity index (χ4n) is 2.47. The molecule has 1 aromatic rings. The molecule has 0 spiro atoms. The number of hydrogen-bond donors (Lipinski definition) is 4. The van der Waals surface area contributed by atoms with Crippen LogP contribution in [0.5, 0.6) is 0 Å². The lowest BCUT2D eigenvalue weighted by molar-refractivity contribution is -0.0209. The van der Waals surface area contributed by atoms with Gasteiger partial charge >= 0.3 is 26.3 Å². The minimum absolute atomic E-state index is 0.241. The van der Waals surface area contributed by atoms with Crippen LogP contribution >= 0.6 is 22.7 Å². The molecular weight excluding hydrogens is 478 g/mol. The van der Waals surface area contributed by atoms with Crippen molar-refractivity contribution in [3.8, 4) is 0 Å². The Morgan fingerprint density at radius 1 is 1.30 bits per heavy atom. The van der Waals surface area contributed by atoms with Crippen LogP contribution in [0.15, 0.2) is 15.8 Å². The van der Waals surface area contributed by atoms with E-state index >= 15 is 0 Å². The van der Waals surface area contributed by atoms with Gasteiger partial charge in [0.25, 0.3) is 20.6 Å². The highest BCUT2D eigenvalue weighted by Gasteiger charge is 2.66. The Morgan fingerprint density at radius 3 is 2.47 bits per heavy atom. The third kappa shape index (κ3) is 5.45. The maximum atomic E-state index is 13.5. The van der Waals surface area contributed by atoms with Crippen LogP contribution in [0.25, 0.3) is 0 Å². The predicted octanol–water partition coefficient (Wildman–Crippen LogP) is 0.210. The van der Waals surface area contributed by atoms with Crippen molar-refractivity contribution in [2.75, 3.05) is 6.61 Å². The Labute approximate surface area is 168 Å². The summed E-state index contributed by atoms with van der Waals surface area (Å²) in [7, 11) is -16.9. The number of hydrogen-bond acceptors (Lipinski definition) is 8. The van der Waals surface area contributed by atoms with Gasteiger partial charge in [-0.3, -0.25) is 28.0 Å². The number of nitrogens with zero attached hydrogens (tertiary/aromatic N) is 1. The summed E-state index contributed by atoms with van der Waals surface area (Å²) in [5, 5.41) is -5.49. The number of nitrogens with one attached hydrogen (secondary N) is 1. The lowest BCUT2D eigenvalue weighted by Gasteiger charge is -2.25. The van der Waals surface area contributed by atoms with Gasteiger partial charge in [0.1, 0.15) is 6.23 Å². The molecule has 2 rings (SSSR count). The average molecular weight is 496 g/mol. The van der Waals surface area contributed by atoms with E-state index in [1.54, 1.807) is 0 Å². The minimum Gasteiger partial charge on any atom is -0.352 e. The Balaban J connectivity index is 2.02. The number of aryl methyl sites for hydroxylation is 1. The molecule has 4 N–H and O–H groups in total. The van der Waals surface area contributed by atoms with Crippen molar-refractivity contribution in [2.24, 2.45) is 0 Å². The Morgan fingerprint density at radius 2 is 1.90 bits per heavy atom. The molecule has 170 valence electrons. The number of rotatable bonds is 8. The second-order valence-electron chi connectivity index (χ2n) is 6.49. The highest BCUT2D eigenvalue weighted by molar-refractivity contribution is 7.86. The van der Waals surface area contributed by atoms with Gasteiger partial charge in [-0.25, -0.2) is 9.11 Å². The first-order valence-electron chi connectivity index (χ1n) is 8.14. The minimum atomic E-state index is -6.40. The quantitative estimate of drug-likeness (QED) is 0.284. The summed E-state index contributed by atoms with van der Waals surface area (Å²) in [6.07, 6.45) is 0.135. The molecule has 2 heterocycles. The average Bonchev–Trinajstić information content (AvgIpc) is 3.03. The van der Waals surface area contributed by atoms with Crippen LogP contribution in [0.4, 0.5) is 8.78 Å². The van der Waals surface area contributed by atoms with Crippen molar-refractivity contribution < 1.29 is 50.7 Å². The number of ether oxygens (including phenoxy) is 1. The molecule has 4 atom stereocenters. The molecule has 19 heteroatoms. The van der Waals surface area contributed by atoms with Gasteiger partial charge in [-0.05, 0) is 19.8 Å². The summed E-state index contributed by atoms with van der Waals surface area (Å²) < 4.78 is 76.6. The lowest BCUT2D eigenvalue weighted by Crippen LogP contribution is -2.33. The van der Waals surface area contributed by atoms with Crippen LogP contribution in [0.3, 0.4) is 0 Å². The van der Waals surface area contributed by atoms with E-state index in [1.807, 2.05) is 0 Å². The van der Waals surface area contributed by atoms with Crippen LogP contribution in [0, 0.1) is 6.92 Å². The largest absolute Gasteiger partial charge is 0.444 e. The second-order valence-corrected chi connectivity index (χ2v) is 12.6. The molecule has 1 saturated heterocycles. The molecule has 0 bridgehead atoms. The number of H-pyrrole nitrogens is 1. The molecule has 2 unspecified atom stereocenters. The van der Waals surface area contributed by atoms with Gasteiger partial charge < -0.3 is 23.9 Å². The molecule has 1 fully saturated rings. The molecular formula is C11H18BF2N2O11P3. The van der Waals surface area contributed by atoms with Crippen molar-refractivity contribution in [2.45, 2.75) is 37.5 Å². The molecule has 30 heavy (non-hydrogen) atoms. The molecule has 1 aromatic heterocycles. The van der Waals surface area contributed by atoms with Crippen LogP contribution in [0.1, 0.15) is 24.6 Å². The monoisotopic (exact) mass is 496 g/mol. The molecule has 1 aliphatic rings. The normalized spacial score (nSPS) is 24.3. The maximum Gasteiger partial charge on any atom is 0.444 e. The molecule has 0 aliphatic carbocycles. The fraction of sp³-hybridized carbons (Fsp3) is 0.636. The standard InChI is InChI=1S/C11H18BF2N2O11P3/c1-6-4-16(10(18)15-9(6)17)8-3-2-7(26-8)5-25-30(12,24)27-29(22,23)11(13,14)28(19,20)21/h4,7-8H,2-3,5,12H2,1H3,(H,22,23)(H,15,17,18)(H2,19,20,21)/t7-,8+,30?/m0/s1. The predicted molar refractivity (Wildman–Crippen MR) is 99.2 cm³/mol. The summed E-state index contributed by atoms with van der Waals surface area (Å²) in [5.74, 6) is 0. The van der Waals surface area contributed by atoms with Crippen molar-refractivity contribution >= 4 is 30.2 Å². The summed E-state index contributed by atoms with van der Waals surface area (Å²) in [5.41, 5.74) is -1.06. The van der Waals surface area contributed by atoms with Crippen LogP contribution in [0.2, 0.25) is 0 Å². The van der Waals surface area contributed by atoms with Gasteiger partial charge in [0.15, 0.2) is 0 Å². The molecule has 0 saturated carbocycles. The van der Waals surface area contributed by atoms with E-state index in [0.29, 0.717) is 7.57 Å². The Bertz CT molecular complexity index is 1070. The summed E-state index contributed by atoms with van der Waals surface area (Å²) in [4.78, 5) is 51.6. The smallest absolute Gasteiger partial charge is 0.352 e. The lowest BCUT2D eigenvalue weighted by atomic mass is 10.2. The van der Waals surface area contributed by atoms with Crippen LogP contribution in [-0.4, -0.2) is 49.9 Å². The molecule has 1 aliphatic heterocycles. The van der Waals surface area contributed by atoms with E-state index in [1.165, 1.54) is 13.1 Å². The van der Waals surface area contributed by atoms with Gasteiger partial charge in [0.05, 0.1) is 12.7 Å². The zero-order valence-corrected chi connectivity index (χ0v) is 18.2. The molecule has 0 aromatic carbocycles. The summed E-state index contributed by atoms with van der Waals surface area (Å²) >= 11 is 0. The van der Waals surface area contributed by atoms with Gasteiger partial charge in [0.2, 0.25) is 0 Å². The van der Waals surface area contributed by atoms with Crippen molar-refractivity contribution in [1.82, 2.24) is 9.55 Å². The number of alkyl halides is 2. The third-order valence-corrected chi connectivity index (χ3v) is 9.60. The van der Waals surface area contributed by atoms with Gasteiger partial charge in [-0.1, -0.05) is 0 Å². The topological polar surface area (TPSA) is 194 Å². The zero-order valence-electron chi connectivity index (χ0n) is 15.5. The highest BCUT2D eigenvalue weighted by atomic mass is 31.3. The van der Waals surface area contributed by atoms with Crippen molar-refractivity contribution in [3.63, 3.8) is 0 Å². The molecule has 0 radical (unpaired) electrons. The van der Waals surface area contributed by atoms with Gasteiger partial charge in [0, 0.05) is 11.8 Å². The number of aromatic amines is 1. The van der Waals surface area contributed by atoms with E-state index < -0.39 is 58.3 Å². The summed E-state index contributed by atoms with van der Waals surface area (Å²) in [6, 6.07) is 0. The fourth-order valence-corrected chi connectivity index (χ4v) is 6.74. The highest BCUT2D eigenvalue weighted by Crippen LogP contribution is 2.77. The molecule has 13 nitrogen and oxygen atoms in total.